The fourth-order valence-corrected chi connectivity index (χ4v) is 0.407. The molecule has 1 fully saturated rings. The molecule has 5 heavy (non-hydrogen) atoms. The molecule has 1 heteroatoms. The van der Waals surface area contributed by atoms with Crippen molar-refractivity contribution in [3.8, 4) is 0 Å². The molecule has 1 rings (SSSR count). The molecular weight excluding hydrogens is 58.9 g/mol. The zero-order chi connectivity index (χ0) is 3.70. The average molecular weight is 66.9 g/mol. The van der Waals surface area contributed by atoms with E-state index in [1.54, 1.807) is 0 Å². The SMILES string of the molecule is [CH2]CB1CC1. The third-order valence-electron chi connectivity index (χ3n) is 1.11. The van der Waals surface area contributed by atoms with Gasteiger partial charge in [0, 0.05) is 0 Å². The molecule has 1 heterocycles. The van der Waals surface area contributed by atoms with Gasteiger partial charge in [0.1, 0.15) is 6.71 Å². The van der Waals surface area contributed by atoms with Crippen molar-refractivity contribution < 1.29 is 0 Å². The highest BCUT2D eigenvalue weighted by Crippen LogP contribution is 2.23. The molecule has 1 aliphatic heterocycles. The Kier molecular flexibility index (Phi) is 0.677. The van der Waals surface area contributed by atoms with Crippen LogP contribution in [0, 0.1) is 6.92 Å². The number of hydrogen-bond donors (Lipinski definition) is 0. The van der Waals surface area contributed by atoms with E-state index in [1.807, 2.05) is 0 Å². The van der Waals surface area contributed by atoms with Gasteiger partial charge in [-0.1, -0.05) is 25.9 Å². The molecule has 0 spiro atoms. The lowest BCUT2D eigenvalue weighted by Crippen LogP contribution is -1.75. The molecule has 0 saturated carbocycles. The highest BCUT2D eigenvalue weighted by Gasteiger charge is 2.22. The summed E-state index contributed by atoms with van der Waals surface area (Å²) >= 11 is 0. The van der Waals surface area contributed by atoms with E-state index in [-0.39, 0.29) is 0 Å². The quantitative estimate of drug-likeness (QED) is 0.406. The molecule has 0 amide bonds. The first-order valence-corrected chi connectivity index (χ1v) is 2.22. The van der Waals surface area contributed by atoms with E-state index in [0.717, 1.165) is 6.71 Å². The van der Waals surface area contributed by atoms with Crippen molar-refractivity contribution >= 4 is 6.71 Å². The van der Waals surface area contributed by atoms with Crippen LogP contribution in [-0.2, 0) is 0 Å². The lowest BCUT2D eigenvalue weighted by Gasteiger charge is -1.67. The van der Waals surface area contributed by atoms with Crippen molar-refractivity contribution in [1.82, 2.24) is 0 Å². The van der Waals surface area contributed by atoms with Crippen molar-refractivity contribution in [1.29, 1.82) is 0 Å². The average Bonchev–Trinajstić information content (AvgIpc) is 2.12. The van der Waals surface area contributed by atoms with Crippen molar-refractivity contribution in [2.24, 2.45) is 0 Å². The fraction of sp³-hybridized carbons (Fsp3) is 0.750. The molecule has 0 unspecified atom stereocenters. The molecule has 0 aromatic rings. The zero-order valence-corrected chi connectivity index (χ0v) is 3.41. The third-order valence-corrected chi connectivity index (χ3v) is 1.11. The van der Waals surface area contributed by atoms with Crippen LogP contribution in [0.4, 0.5) is 0 Å². The van der Waals surface area contributed by atoms with Crippen LogP contribution in [0.2, 0.25) is 19.0 Å². The van der Waals surface area contributed by atoms with E-state index in [0.29, 0.717) is 0 Å². The molecule has 0 N–H and O–H groups in total. The van der Waals surface area contributed by atoms with Crippen LogP contribution in [-0.4, -0.2) is 6.71 Å². The second-order valence-electron chi connectivity index (χ2n) is 1.73. The van der Waals surface area contributed by atoms with Gasteiger partial charge in [-0.25, -0.2) is 0 Å². The van der Waals surface area contributed by atoms with Crippen LogP contribution in [0.3, 0.4) is 0 Å². The molecule has 0 aliphatic carbocycles. The Labute approximate surface area is 33.7 Å². The van der Waals surface area contributed by atoms with Crippen molar-refractivity contribution in [2.75, 3.05) is 0 Å². The van der Waals surface area contributed by atoms with Gasteiger partial charge in [-0.05, 0) is 0 Å². The van der Waals surface area contributed by atoms with E-state index in [4.69, 9.17) is 0 Å². The summed E-state index contributed by atoms with van der Waals surface area (Å²) in [6.45, 7) is 4.77. The number of hydrogen-bond acceptors (Lipinski definition) is 0. The predicted octanol–water partition coefficient (Wildman–Crippen LogP) is 1.33. The van der Waals surface area contributed by atoms with E-state index >= 15 is 0 Å². The molecular formula is C4H8B. The topological polar surface area (TPSA) is 0 Å². The van der Waals surface area contributed by atoms with Gasteiger partial charge in [-0.15, -0.1) is 0 Å². The number of rotatable bonds is 1. The smallest absolute Gasteiger partial charge is 0.0806 e. The van der Waals surface area contributed by atoms with E-state index < -0.39 is 0 Å². The Bertz CT molecular complexity index is 30.6. The Morgan fingerprint density at radius 1 is 1.60 bits per heavy atom. The van der Waals surface area contributed by atoms with Crippen LogP contribution in [0.25, 0.3) is 0 Å². The van der Waals surface area contributed by atoms with Crippen molar-refractivity contribution in [3.63, 3.8) is 0 Å². The van der Waals surface area contributed by atoms with Gasteiger partial charge in [0.2, 0.25) is 0 Å². The summed E-state index contributed by atoms with van der Waals surface area (Å²) in [5.74, 6) is 0. The Balaban J connectivity index is 2.00. The minimum atomic E-state index is 1.02. The van der Waals surface area contributed by atoms with E-state index in [1.165, 1.54) is 19.0 Å². The predicted molar refractivity (Wildman–Crippen MR) is 25.5 cm³/mol. The minimum Gasteiger partial charge on any atom is -0.0806 e. The molecule has 0 nitrogen and oxygen atoms in total. The van der Waals surface area contributed by atoms with Crippen LogP contribution < -0.4 is 0 Å². The van der Waals surface area contributed by atoms with Gasteiger partial charge in [-0.2, -0.15) is 0 Å². The van der Waals surface area contributed by atoms with E-state index in [2.05, 4.69) is 6.92 Å². The highest BCUT2D eigenvalue weighted by molar-refractivity contribution is 6.69. The standard InChI is InChI=1S/C4H8B/c1-2-5-3-4-5/h1-4H2. The lowest BCUT2D eigenvalue weighted by molar-refractivity contribution is 1.69. The first-order valence-electron chi connectivity index (χ1n) is 2.22. The molecule has 1 radical (unpaired) electrons. The van der Waals surface area contributed by atoms with Gasteiger partial charge in [0.05, 0.1) is 0 Å². The van der Waals surface area contributed by atoms with Crippen LogP contribution in [0.5, 0.6) is 0 Å². The Hall–Kier alpha value is 0.0649. The maximum Gasteiger partial charge on any atom is 0.138 e. The van der Waals surface area contributed by atoms with Gasteiger partial charge >= 0.3 is 0 Å². The molecule has 1 saturated heterocycles. The summed E-state index contributed by atoms with van der Waals surface area (Å²) in [6.07, 6.45) is 4.06. The lowest BCUT2D eigenvalue weighted by atomic mass is 9.68. The third kappa shape index (κ3) is 0.676. The molecule has 0 aromatic carbocycles. The maximum absolute atomic E-state index is 3.75. The largest absolute Gasteiger partial charge is 0.138 e. The first kappa shape index (κ1) is 3.26. The molecule has 0 atom stereocenters. The summed E-state index contributed by atoms with van der Waals surface area (Å²) < 4.78 is 0. The Morgan fingerprint density at radius 2 is 2.20 bits per heavy atom. The van der Waals surface area contributed by atoms with Crippen molar-refractivity contribution in [2.45, 2.75) is 19.0 Å². The van der Waals surface area contributed by atoms with Crippen molar-refractivity contribution in [3.05, 3.63) is 6.92 Å². The minimum absolute atomic E-state index is 1.02. The van der Waals surface area contributed by atoms with Crippen LogP contribution in [0.15, 0.2) is 0 Å². The van der Waals surface area contributed by atoms with Crippen LogP contribution >= 0.6 is 0 Å². The first-order chi connectivity index (χ1) is 2.43. The van der Waals surface area contributed by atoms with E-state index in [9.17, 15) is 0 Å². The molecule has 0 aromatic heterocycles. The fourth-order valence-electron chi connectivity index (χ4n) is 0.407. The summed E-state index contributed by atoms with van der Waals surface area (Å²) in [6, 6.07) is 0. The van der Waals surface area contributed by atoms with Gasteiger partial charge < -0.3 is 0 Å². The molecule has 1 aliphatic rings. The summed E-state index contributed by atoms with van der Waals surface area (Å²) in [7, 11) is 0. The summed E-state index contributed by atoms with van der Waals surface area (Å²) in [4.78, 5) is 0. The van der Waals surface area contributed by atoms with Gasteiger partial charge in [0.15, 0.2) is 0 Å². The monoisotopic (exact) mass is 67.1 g/mol. The summed E-state index contributed by atoms with van der Waals surface area (Å²) in [5.41, 5.74) is 0. The summed E-state index contributed by atoms with van der Waals surface area (Å²) in [5, 5.41) is 0. The normalized spacial score (nSPS) is 19.8. The van der Waals surface area contributed by atoms with Gasteiger partial charge in [0.25, 0.3) is 0 Å². The zero-order valence-electron chi connectivity index (χ0n) is 3.41. The maximum atomic E-state index is 3.75. The second-order valence-corrected chi connectivity index (χ2v) is 1.73. The highest BCUT2D eigenvalue weighted by atomic mass is 13.9. The second kappa shape index (κ2) is 1.04. The van der Waals surface area contributed by atoms with Gasteiger partial charge in [-0.3, -0.25) is 0 Å². The Morgan fingerprint density at radius 3 is 2.20 bits per heavy atom. The molecule has 0 bridgehead atoms. The molecule has 27 valence electrons. The van der Waals surface area contributed by atoms with Crippen LogP contribution in [0.1, 0.15) is 0 Å².